The maximum absolute atomic E-state index is 13.1. The number of sulfone groups is 1. The molecule has 0 atom stereocenters. The molecule has 0 fully saturated rings. The molecular formula is C20H13F6N5O3S. The normalized spacial score (nSPS) is 12.9. The van der Waals surface area contributed by atoms with Gasteiger partial charge < -0.3 is 0 Å². The monoisotopic (exact) mass is 517 g/mol. The van der Waals surface area contributed by atoms with Crippen LogP contribution in [-0.2, 0) is 22.2 Å². The summed E-state index contributed by atoms with van der Waals surface area (Å²) in [4.78, 5) is 20.0. The Balaban J connectivity index is 1.94. The van der Waals surface area contributed by atoms with E-state index in [1.807, 2.05) is 0 Å². The first-order chi connectivity index (χ1) is 16.2. The average Bonchev–Trinajstić information content (AvgIpc) is 3.13. The van der Waals surface area contributed by atoms with Gasteiger partial charge in [0.15, 0.2) is 21.3 Å². The standard InChI is InChI=1S/C20H13F6N5O3S/c1-2-35(33,34)15-7-11(14-8-12(5-6-27-14)19(21,22)23)9-28-17(15)31-18(32)30-10-13(20(24,25)26)3-4-16(30)29-31/h3-10H,2H2,1H3. The molecule has 4 aromatic rings. The van der Waals surface area contributed by atoms with Crippen molar-refractivity contribution < 1.29 is 34.8 Å². The van der Waals surface area contributed by atoms with Crippen molar-refractivity contribution >= 4 is 15.5 Å². The van der Waals surface area contributed by atoms with E-state index in [0.29, 0.717) is 27.4 Å². The fraction of sp³-hybridized carbons (Fsp3) is 0.200. The van der Waals surface area contributed by atoms with E-state index in [9.17, 15) is 39.6 Å². The Bertz CT molecular complexity index is 1610. The highest BCUT2D eigenvalue weighted by molar-refractivity contribution is 7.91. The van der Waals surface area contributed by atoms with Gasteiger partial charge in [0.25, 0.3) is 0 Å². The van der Waals surface area contributed by atoms with Crippen molar-refractivity contribution in [3.63, 3.8) is 0 Å². The van der Waals surface area contributed by atoms with E-state index in [1.165, 1.54) is 6.92 Å². The van der Waals surface area contributed by atoms with Crippen LogP contribution >= 0.6 is 0 Å². The van der Waals surface area contributed by atoms with Gasteiger partial charge in [-0.1, -0.05) is 6.92 Å². The summed E-state index contributed by atoms with van der Waals surface area (Å²) in [6.07, 6.45) is -7.03. The second-order valence-corrected chi connectivity index (χ2v) is 9.46. The van der Waals surface area contributed by atoms with Crippen LogP contribution in [0.15, 0.2) is 58.6 Å². The molecule has 8 nitrogen and oxygen atoms in total. The fourth-order valence-corrected chi connectivity index (χ4v) is 4.20. The summed E-state index contributed by atoms with van der Waals surface area (Å²) in [5.74, 6) is -0.994. The molecule has 15 heteroatoms. The molecule has 0 aliphatic heterocycles. The third-order valence-corrected chi connectivity index (χ3v) is 6.71. The topological polar surface area (TPSA) is 99.2 Å². The zero-order valence-electron chi connectivity index (χ0n) is 17.5. The summed E-state index contributed by atoms with van der Waals surface area (Å²) in [6, 6.07) is 4.05. The summed E-state index contributed by atoms with van der Waals surface area (Å²) in [5, 5.41) is 3.87. The molecule has 4 aromatic heterocycles. The number of halogens is 6. The van der Waals surface area contributed by atoms with Gasteiger partial charge in [0, 0.05) is 24.2 Å². The average molecular weight is 517 g/mol. The second kappa shape index (κ2) is 8.18. The van der Waals surface area contributed by atoms with Crippen molar-refractivity contribution in [1.82, 2.24) is 24.1 Å². The van der Waals surface area contributed by atoms with Crippen LogP contribution in [0.5, 0.6) is 0 Å². The van der Waals surface area contributed by atoms with Crippen molar-refractivity contribution in [1.29, 1.82) is 0 Å². The van der Waals surface area contributed by atoms with Crippen molar-refractivity contribution in [2.45, 2.75) is 24.2 Å². The molecule has 0 amide bonds. The number of hydrogen-bond acceptors (Lipinski definition) is 6. The number of nitrogens with zero attached hydrogens (tertiary/aromatic N) is 5. The minimum absolute atomic E-state index is 0.0944. The lowest BCUT2D eigenvalue weighted by Gasteiger charge is -2.11. The van der Waals surface area contributed by atoms with Crippen molar-refractivity contribution in [2.24, 2.45) is 0 Å². The number of rotatable bonds is 4. The van der Waals surface area contributed by atoms with Crippen LogP contribution in [0.2, 0.25) is 0 Å². The highest BCUT2D eigenvalue weighted by Gasteiger charge is 2.32. The number of alkyl halides is 6. The Hall–Kier alpha value is -3.75. The van der Waals surface area contributed by atoms with Crippen LogP contribution in [-0.4, -0.2) is 38.3 Å². The molecule has 184 valence electrons. The Morgan fingerprint density at radius 2 is 1.63 bits per heavy atom. The molecule has 0 saturated heterocycles. The maximum atomic E-state index is 13.1. The molecule has 0 spiro atoms. The van der Waals surface area contributed by atoms with Gasteiger partial charge in [0.05, 0.1) is 22.6 Å². The number of hydrogen-bond donors (Lipinski definition) is 0. The molecule has 0 saturated carbocycles. The van der Waals surface area contributed by atoms with E-state index in [4.69, 9.17) is 0 Å². The Labute approximate surface area is 192 Å². The van der Waals surface area contributed by atoms with Crippen molar-refractivity contribution in [3.05, 3.63) is 70.5 Å². The lowest BCUT2D eigenvalue weighted by Crippen LogP contribution is -2.23. The Kier molecular flexibility index (Phi) is 5.70. The number of pyridine rings is 3. The Morgan fingerprint density at radius 1 is 0.943 bits per heavy atom. The molecule has 4 rings (SSSR count). The lowest BCUT2D eigenvalue weighted by atomic mass is 10.1. The molecule has 4 heterocycles. The zero-order valence-corrected chi connectivity index (χ0v) is 18.3. The van der Waals surface area contributed by atoms with Crippen LogP contribution in [0.25, 0.3) is 22.7 Å². The molecule has 0 aliphatic rings. The van der Waals surface area contributed by atoms with E-state index >= 15 is 0 Å². The molecule has 0 radical (unpaired) electrons. The van der Waals surface area contributed by atoms with Gasteiger partial charge in [0.1, 0.15) is 4.90 Å². The highest BCUT2D eigenvalue weighted by Crippen LogP contribution is 2.32. The van der Waals surface area contributed by atoms with Crippen LogP contribution < -0.4 is 5.69 Å². The van der Waals surface area contributed by atoms with Gasteiger partial charge in [-0.25, -0.2) is 22.6 Å². The first-order valence-electron chi connectivity index (χ1n) is 9.68. The molecule has 0 N–H and O–H groups in total. The van der Waals surface area contributed by atoms with Gasteiger partial charge >= 0.3 is 18.0 Å². The molecule has 0 unspecified atom stereocenters. The first-order valence-corrected chi connectivity index (χ1v) is 11.3. The van der Waals surface area contributed by atoms with Gasteiger partial charge in [-0.3, -0.25) is 4.98 Å². The Morgan fingerprint density at radius 3 is 2.26 bits per heavy atom. The maximum Gasteiger partial charge on any atom is 0.417 e. The molecule has 0 bridgehead atoms. The first kappa shape index (κ1) is 24.4. The van der Waals surface area contributed by atoms with E-state index in [1.54, 1.807) is 0 Å². The van der Waals surface area contributed by atoms with Gasteiger partial charge in [-0.05, 0) is 30.3 Å². The van der Waals surface area contributed by atoms with E-state index in [0.717, 1.165) is 30.6 Å². The quantitative estimate of drug-likeness (QED) is 0.382. The zero-order chi connectivity index (χ0) is 25.8. The summed E-state index contributed by atoms with van der Waals surface area (Å²) >= 11 is 0. The molecule has 0 aromatic carbocycles. The van der Waals surface area contributed by atoms with Gasteiger partial charge in [-0.2, -0.15) is 31.0 Å². The third kappa shape index (κ3) is 4.50. The van der Waals surface area contributed by atoms with Crippen molar-refractivity contribution in [3.8, 4) is 17.1 Å². The summed E-state index contributed by atoms with van der Waals surface area (Å²) in [6.45, 7) is 1.29. The summed E-state index contributed by atoms with van der Waals surface area (Å²) in [5.41, 5.74) is -3.83. The van der Waals surface area contributed by atoms with E-state index in [2.05, 4.69) is 15.1 Å². The molecule has 35 heavy (non-hydrogen) atoms. The SMILES string of the molecule is CCS(=O)(=O)c1cc(-c2cc(C(F)(F)F)ccn2)cnc1-n1nc2ccc(C(F)(F)F)cn2c1=O. The van der Waals surface area contributed by atoms with Gasteiger partial charge in [0.2, 0.25) is 0 Å². The second-order valence-electron chi connectivity index (χ2n) is 7.21. The predicted octanol–water partition coefficient (Wildman–Crippen LogP) is 3.77. The molecule has 0 aliphatic carbocycles. The summed E-state index contributed by atoms with van der Waals surface area (Å²) in [7, 11) is -4.13. The minimum Gasteiger partial charge on any atom is -0.256 e. The number of fused-ring (bicyclic) bond motifs is 1. The largest absolute Gasteiger partial charge is 0.417 e. The molecular weight excluding hydrogens is 504 g/mol. The summed E-state index contributed by atoms with van der Waals surface area (Å²) < 4.78 is 105. The fourth-order valence-electron chi connectivity index (χ4n) is 3.17. The highest BCUT2D eigenvalue weighted by atomic mass is 32.2. The van der Waals surface area contributed by atoms with Crippen LogP contribution in [0.3, 0.4) is 0 Å². The lowest BCUT2D eigenvalue weighted by molar-refractivity contribution is -0.138. The van der Waals surface area contributed by atoms with Crippen LogP contribution in [0.4, 0.5) is 26.3 Å². The van der Waals surface area contributed by atoms with Crippen LogP contribution in [0, 0.1) is 0 Å². The van der Waals surface area contributed by atoms with E-state index in [-0.39, 0.29) is 16.9 Å². The van der Waals surface area contributed by atoms with Crippen LogP contribution in [0.1, 0.15) is 18.1 Å². The number of aromatic nitrogens is 5. The van der Waals surface area contributed by atoms with Crippen molar-refractivity contribution in [2.75, 3.05) is 5.75 Å². The smallest absolute Gasteiger partial charge is 0.256 e. The van der Waals surface area contributed by atoms with E-state index < -0.39 is 55.5 Å². The third-order valence-electron chi connectivity index (χ3n) is 4.98. The predicted molar refractivity (Wildman–Crippen MR) is 110 cm³/mol. The minimum atomic E-state index is -4.75. The van der Waals surface area contributed by atoms with Gasteiger partial charge in [-0.15, -0.1) is 5.10 Å².